The highest BCUT2D eigenvalue weighted by atomic mass is 32.1. The van der Waals surface area contributed by atoms with E-state index in [-0.39, 0.29) is 12.7 Å². The van der Waals surface area contributed by atoms with Crippen molar-refractivity contribution in [2.24, 2.45) is 5.92 Å². The molecule has 0 spiro atoms. The number of rotatable bonds is 5. The molecule has 1 amide bonds. The molecule has 0 saturated heterocycles. The minimum atomic E-state index is -0.446. The molecule has 3 rings (SSSR count). The van der Waals surface area contributed by atoms with Gasteiger partial charge in [-0.2, -0.15) is 0 Å². The number of anilines is 1. The van der Waals surface area contributed by atoms with Crippen molar-refractivity contribution in [3.05, 3.63) is 40.3 Å². The predicted molar refractivity (Wildman–Crippen MR) is 94.7 cm³/mol. The molecular formula is C18H19NO5S. The SMILES string of the molecule is COC(=O)c1c(CC(C)C)csc1NC(=O)c1ccc2c(c1)OCO2. The molecule has 0 atom stereocenters. The largest absolute Gasteiger partial charge is 0.465 e. The molecular weight excluding hydrogens is 342 g/mol. The summed E-state index contributed by atoms with van der Waals surface area (Å²) in [5.41, 5.74) is 1.74. The van der Waals surface area contributed by atoms with Gasteiger partial charge >= 0.3 is 5.97 Å². The van der Waals surface area contributed by atoms with Crippen LogP contribution in [0.15, 0.2) is 23.6 Å². The summed E-state index contributed by atoms with van der Waals surface area (Å²) in [6, 6.07) is 4.97. The maximum Gasteiger partial charge on any atom is 0.341 e. The monoisotopic (exact) mass is 361 g/mol. The molecule has 7 heteroatoms. The van der Waals surface area contributed by atoms with Gasteiger partial charge in [-0.25, -0.2) is 4.79 Å². The molecule has 0 aliphatic carbocycles. The maximum atomic E-state index is 12.6. The number of methoxy groups -OCH3 is 1. The smallest absolute Gasteiger partial charge is 0.341 e. The summed E-state index contributed by atoms with van der Waals surface area (Å²) in [6.45, 7) is 4.30. The Kier molecular flexibility index (Phi) is 4.94. The van der Waals surface area contributed by atoms with Crippen LogP contribution in [0.1, 0.15) is 40.1 Å². The Morgan fingerprint density at radius 3 is 2.76 bits per heavy atom. The summed E-state index contributed by atoms with van der Waals surface area (Å²) < 4.78 is 15.4. The van der Waals surface area contributed by atoms with Crippen molar-refractivity contribution in [1.29, 1.82) is 0 Å². The number of benzene rings is 1. The van der Waals surface area contributed by atoms with Crippen molar-refractivity contribution >= 4 is 28.2 Å². The lowest BCUT2D eigenvalue weighted by Crippen LogP contribution is -2.15. The summed E-state index contributed by atoms with van der Waals surface area (Å²) in [5.74, 6) is 0.768. The Morgan fingerprint density at radius 1 is 1.28 bits per heavy atom. The molecule has 1 aromatic carbocycles. The highest BCUT2D eigenvalue weighted by molar-refractivity contribution is 7.15. The van der Waals surface area contributed by atoms with Gasteiger partial charge in [-0.1, -0.05) is 13.8 Å². The molecule has 1 aliphatic rings. The van der Waals surface area contributed by atoms with Crippen LogP contribution in [0.5, 0.6) is 11.5 Å². The zero-order valence-corrected chi connectivity index (χ0v) is 15.1. The Morgan fingerprint density at radius 2 is 2.04 bits per heavy atom. The zero-order valence-electron chi connectivity index (χ0n) is 14.3. The molecule has 6 nitrogen and oxygen atoms in total. The van der Waals surface area contributed by atoms with Crippen LogP contribution in [0.2, 0.25) is 0 Å². The number of thiophene rings is 1. The second-order valence-corrected chi connectivity index (χ2v) is 6.96. The van der Waals surface area contributed by atoms with Crippen LogP contribution in [0.25, 0.3) is 0 Å². The first-order valence-corrected chi connectivity index (χ1v) is 8.77. The molecule has 0 bridgehead atoms. The average molecular weight is 361 g/mol. The van der Waals surface area contributed by atoms with Crippen LogP contribution in [-0.4, -0.2) is 25.8 Å². The highest BCUT2D eigenvalue weighted by Gasteiger charge is 2.23. The summed E-state index contributed by atoms with van der Waals surface area (Å²) in [6.07, 6.45) is 0.737. The number of hydrogen-bond donors (Lipinski definition) is 1. The molecule has 1 aliphatic heterocycles. The molecule has 25 heavy (non-hydrogen) atoms. The standard InChI is InChI=1S/C18H19NO5S/c1-10(2)6-12-8-25-17(15(12)18(21)22-3)19-16(20)11-4-5-13-14(7-11)24-9-23-13/h4-5,7-8,10H,6,9H2,1-3H3,(H,19,20). The summed E-state index contributed by atoms with van der Waals surface area (Å²) in [5, 5.41) is 5.19. The molecule has 1 aromatic heterocycles. The van der Waals surface area contributed by atoms with Crippen molar-refractivity contribution < 1.29 is 23.8 Å². The quantitative estimate of drug-likeness (QED) is 0.822. The first-order chi connectivity index (χ1) is 12.0. The lowest BCUT2D eigenvalue weighted by Gasteiger charge is -2.09. The van der Waals surface area contributed by atoms with E-state index in [1.165, 1.54) is 18.4 Å². The fourth-order valence-corrected chi connectivity index (χ4v) is 3.57. The van der Waals surface area contributed by atoms with E-state index in [0.29, 0.717) is 33.5 Å². The second-order valence-electron chi connectivity index (χ2n) is 6.08. The van der Waals surface area contributed by atoms with Gasteiger partial charge in [-0.3, -0.25) is 4.79 Å². The fraction of sp³-hybridized carbons (Fsp3) is 0.333. The Bertz CT molecular complexity index is 812. The number of nitrogens with one attached hydrogen (secondary N) is 1. The first kappa shape index (κ1) is 17.3. The third-order valence-corrected chi connectivity index (χ3v) is 4.69. The molecule has 1 N–H and O–H groups in total. The normalized spacial score (nSPS) is 12.3. The minimum Gasteiger partial charge on any atom is -0.465 e. The molecule has 0 radical (unpaired) electrons. The van der Waals surface area contributed by atoms with Gasteiger partial charge in [-0.15, -0.1) is 11.3 Å². The lowest BCUT2D eigenvalue weighted by atomic mass is 10.0. The highest BCUT2D eigenvalue weighted by Crippen LogP contribution is 2.34. The number of fused-ring (bicyclic) bond motifs is 1. The van der Waals surface area contributed by atoms with Gasteiger partial charge in [0.15, 0.2) is 11.5 Å². The average Bonchev–Trinajstić information content (AvgIpc) is 3.20. The maximum absolute atomic E-state index is 12.6. The van der Waals surface area contributed by atoms with Gasteiger partial charge in [0.25, 0.3) is 5.91 Å². The number of amides is 1. The summed E-state index contributed by atoms with van der Waals surface area (Å²) in [7, 11) is 1.34. The Balaban J connectivity index is 1.85. The van der Waals surface area contributed by atoms with Crippen LogP contribution >= 0.6 is 11.3 Å². The molecule has 2 aromatic rings. The van der Waals surface area contributed by atoms with Gasteiger partial charge in [0.2, 0.25) is 6.79 Å². The van der Waals surface area contributed by atoms with E-state index in [1.54, 1.807) is 18.2 Å². The molecule has 2 heterocycles. The van der Waals surface area contributed by atoms with E-state index in [1.807, 2.05) is 5.38 Å². The molecule has 0 unspecified atom stereocenters. The number of esters is 1. The number of carbonyl (C=O) groups is 2. The van der Waals surface area contributed by atoms with E-state index >= 15 is 0 Å². The molecule has 132 valence electrons. The first-order valence-electron chi connectivity index (χ1n) is 7.89. The van der Waals surface area contributed by atoms with Crippen molar-refractivity contribution in [3.63, 3.8) is 0 Å². The topological polar surface area (TPSA) is 73.9 Å². The zero-order chi connectivity index (χ0) is 18.0. The summed E-state index contributed by atoms with van der Waals surface area (Å²) in [4.78, 5) is 24.7. The van der Waals surface area contributed by atoms with E-state index in [4.69, 9.17) is 14.2 Å². The van der Waals surface area contributed by atoms with Crippen molar-refractivity contribution in [3.8, 4) is 11.5 Å². The fourth-order valence-electron chi connectivity index (χ4n) is 2.61. The van der Waals surface area contributed by atoms with Crippen LogP contribution in [0.3, 0.4) is 0 Å². The van der Waals surface area contributed by atoms with E-state index < -0.39 is 5.97 Å². The van der Waals surface area contributed by atoms with E-state index in [0.717, 1.165) is 12.0 Å². The van der Waals surface area contributed by atoms with Crippen LogP contribution in [0, 0.1) is 5.92 Å². The van der Waals surface area contributed by atoms with Crippen LogP contribution in [-0.2, 0) is 11.2 Å². The van der Waals surface area contributed by atoms with Crippen LogP contribution < -0.4 is 14.8 Å². The van der Waals surface area contributed by atoms with Gasteiger partial charge in [0.1, 0.15) is 5.00 Å². The number of ether oxygens (including phenoxy) is 3. The molecule has 0 saturated carbocycles. The third-order valence-electron chi connectivity index (χ3n) is 3.75. The van der Waals surface area contributed by atoms with Gasteiger partial charge in [0.05, 0.1) is 12.7 Å². The summed E-state index contributed by atoms with van der Waals surface area (Å²) >= 11 is 1.32. The van der Waals surface area contributed by atoms with Crippen LogP contribution in [0.4, 0.5) is 5.00 Å². The lowest BCUT2D eigenvalue weighted by molar-refractivity contribution is 0.0601. The van der Waals surface area contributed by atoms with Gasteiger partial charge in [0, 0.05) is 5.56 Å². The predicted octanol–water partition coefficient (Wildman–Crippen LogP) is 3.71. The third kappa shape index (κ3) is 3.61. The van der Waals surface area contributed by atoms with Crippen molar-refractivity contribution in [1.82, 2.24) is 0 Å². The Hall–Kier alpha value is -2.54. The minimum absolute atomic E-state index is 0.149. The van der Waals surface area contributed by atoms with E-state index in [2.05, 4.69) is 19.2 Å². The Labute approximate surface area is 149 Å². The second kappa shape index (κ2) is 7.14. The van der Waals surface area contributed by atoms with Gasteiger partial charge in [-0.05, 0) is 41.5 Å². The van der Waals surface area contributed by atoms with E-state index in [9.17, 15) is 9.59 Å². The van der Waals surface area contributed by atoms with Gasteiger partial charge < -0.3 is 19.5 Å². The van der Waals surface area contributed by atoms with Crippen molar-refractivity contribution in [2.45, 2.75) is 20.3 Å². The van der Waals surface area contributed by atoms with Crippen molar-refractivity contribution in [2.75, 3.05) is 19.2 Å². The molecule has 0 fully saturated rings. The number of carbonyl (C=O) groups excluding carboxylic acids is 2. The number of hydrogen-bond acceptors (Lipinski definition) is 6.